The summed E-state index contributed by atoms with van der Waals surface area (Å²) in [6.07, 6.45) is 0.712. The molecule has 1 N–H and O–H groups in total. The fourth-order valence-electron chi connectivity index (χ4n) is 1.78. The summed E-state index contributed by atoms with van der Waals surface area (Å²) in [6, 6.07) is 7.87. The maximum Gasteiger partial charge on any atom is 0.311 e. The number of carbonyl (C=O) groups excluding carboxylic acids is 1. The molecule has 0 bridgehead atoms. The fourth-order valence-corrected chi connectivity index (χ4v) is 1.78. The Morgan fingerprint density at radius 1 is 1.57 bits per heavy atom. The SMILES string of the molecule is O=C1CCC(C(=O)O)c2[c]cccc21. The van der Waals surface area contributed by atoms with E-state index in [1.165, 1.54) is 0 Å². The van der Waals surface area contributed by atoms with Crippen LogP contribution in [0.15, 0.2) is 18.2 Å². The summed E-state index contributed by atoms with van der Waals surface area (Å²) in [7, 11) is 0. The molecule has 1 unspecified atom stereocenters. The van der Waals surface area contributed by atoms with Crippen LogP contribution < -0.4 is 0 Å². The minimum absolute atomic E-state index is 0.0225. The second-order valence-electron chi connectivity index (χ2n) is 3.35. The van der Waals surface area contributed by atoms with E-state index in [2.05, 4.69) is 6.07 Å². The van der Waals surface area contributed by atoms with E-state index in [0.29, 0.717) is 24.0 Å². The second kappa shape index (κ2) is 3.25. The first-order chi connectivity index (χ1) is 6.70. The molecule has 0 spiro atoms. The van der Waals surface area contributed by atoms with Gasteiger partial charge in [0.05, 0.1) is 5.92 Å². The Kier molecular flexibility index (Phi) is 2.08. The van der Waals surface area contributed by atoms with Gasteiger partial charge >= 0.3 is 5.97 Å². The van der Waals surface area contributed by atoms with Crippen molar-refractivity contribution in [1.82, 2.24) is 0 Å². The summed E-state index contributed by atoms with van der Waals surface area (Å²) in [6.45, 7) is 0. The van der Waals surface area contributed by atoms with Crippen molar-refractivity contribution in [2.45, 2.75) is 18.8 Å². The largest absolute Gasteiger partial charge is 0.481 e. The highest BCUT2D eigenvalue weighted by Crippen LogP contribution is 2.30. The first-order valence-electron chi connectivity index (χ1n) is 4.47. The van der Waals surface area contributed by atoms with Gasteiger partial charge in [0.2, 0.25) is 0 Å². The zero-order valence-electron chi connectivity index (χ0n) is 7.49. The molecule has 0 aliphatic heterocycles. The van der Waals surface area contributed by atoms with Gasteiger partial charge in [-0.2, -0.15) is 0 Å². The molecule has 0 saturated heterocycles. The molecule has 1 aromatic carbocycles. The molecule has 0 aromatic heterocycles. The number of benzene rings is 1. The molecule has 1 aliphatic rings. The van der Waals surface area contributed by atoms with Crippen LogP contribution in [0.3, 0.4) is 0 Å². The smallest absolute Gasteiger partial charge is 0.311 e. The predicted molar refractivity (Wildman–Crippen MR) is 49.2 cm³/mol. The number of carboxylic acid groups (broad SMARTS) is 1. The molecule has 1 radical (unpaired) electrons. The van der Waals surface area contributed by atoms with Crippen molar-refractivity contribution in [3.05, 3.63) is 35.4 Å². The Hall–Kier alpha value is -1.64. The van der Waals surface area contributed by atoms with Gasteiger partial charge in [-0.05, 0) is 18.1 Å². The Labute approximate surface area is 81.4 Å². The summed E-state index contributed by atoms with van der Waals surface area (Å²) in [4.78, 5) is 22.3. The number of carbonyl (C=O) groups is 2. The molecule has 0 fully saturated rings. The van der Waals surface area contributed by atoms with Crippen LogP contribution in [0, 0.1) is 6.07 Å². The van der Waals surface area contributed by atoms with Gasteiger partial charge in [0, 0.05) is 12.0 Å². The highest BCUT2D eigenvalue weighted by Gasteiger charge is 2.29. The lowest BCUT2D eigenvalue weighted by Crippen LogP contribution is -2.21. The average Bonchev–Trinajstić information content (AvgIpc) is 2.18. The van der Waals surface area contributed by atoms with E-state index in [1.54, 1.807) is 18.2 Å². The quantitative estimate of drug-likeness (QED) is 0.730. The van der Waals surface area contributed by atoms with Crippen LogP contribution in [0.25, 0.3) is 0 Å². The monoisotopic (exact) mass is 189 g/mol. The molecule has 3 nitrogen and oxygen atoms in total. The first-order valence-corrected chi connectivity index (χ1v) is 4.47. The van der Waals surface area contributed by atoms with Gasteiger partial charge in [0.15, 0.2) is 5.78 Å². The van der Waals surface area contributed by atoms with Crippen LogP contribution in [-0.2, 0) is 4.79 Å². The first kappa shape index (κ1) is 8.94. The number of hydrogen-bond acceptors (Lipinski definition) is 2. The summed E-state index contributed by atoms with van der Waals surface area (Å²) in [5.41, 5.74) is 1.06. The molecule has 1 aromatic rings. The van der Waals surface area contributed by atoms with Crippen molar-refractivity contribution in [2.24, 2.45) is 0 Å². The van der Waals surface area contributed by atoms with Crippen molar-refractivity contribution in [2.75, 3.05) is 0 Å². The van der Waals surface area contributed by atoms with Crippen LogP contribution >= 0.6 is 0 Å². The minimum atomic E-state index is -0.874. The summed E-state index contributed by atoms with van der Waals surface area (Å²) in [5, 5.41) is 8.94. The molecule has 0 amide bonds. The molecule has 1 aliphatic carbocycles. The van der Waals surface area contributed by atoms with Crippen molar-refractivity contribution in [3.63, 3.8) is 0 Å². The molecular weight excluding hydrogens is 180 g/mol. The van der Waals surface area contributed by atoms with E-state index in [1.807, 2.05) is 0 Å². The van der Waals surface area contributed by atoms with E-state index in [9.17, 15) is 9.59 Å². The molecular formula is C11H9O3. The van der Waals surface area contributed by atoms with Gasteiger partial charge in [-0.25, -0.2) is 0 Å². The lowest BCUT2D eigenvalue weighted by Gasteiger charge is -2.20. The molecule has 1 atom stereocenters. The highest BCUT2D eigenvalue weighted by molar-refractivity contribution is 6.00. The van der Waals surface area contributed by atoms with Gasteiger partial charge in [-0.3, -0.25) is 9.59 Å². The third-order valence-corrected chi connectivity index (χ3v) is 2.50. The van der Waals surface area contributed by atoms with E-state index in [4.69, 9.17) is 5.11 Å². The Morgan fingerprint density at radius 2 is 2.36 bits per heavy atom. The zero-order chi connectivity index (χ0) is 10.1. The van der Waals surface area contributed by atoms with E-state index < -0.39 is 11.9 Å². The molecule has 14 heavy (non-hydrogen) atoms. The summed E-state index contributed by atoms with van der Waals surface area (Å²) < 4.78 is 0. The van der Waals surface area contributed by atoms with Crippen molar-refractivity contribution in [1.29, 1.82) is 0 Å². The van der Waals surface area contributed by atoms with Gasteiger partial charge in [-0.15, -0.1) is 0 Å². The van der Waals surface area contributed by atoms with Crippen LogP contribution in [0.5, 0.6) is 0 Å². The number of rotatable bonds is 1. The van der Waals surface area contributed by atoms with Gasteiger partial charge in [0.1, 0.15) is 0 Å². The number of hydrogen-bond donors (Lipinski definition) is 1. The fraction of sp³-hybridized carbons (Fsp3) is 0.273. The lowest BCUT2D eigenvalue weighted by atomic mass is 9.82. The molecule has 71 valence electrons. The van der Waals surface area contributed by atoms with Crippen LogP contribution in [0.4, 0.5) is 0 Å². The number of Topliss-reactive ketones (excluding diaryl/α,β-unsaturated/α-hetero) is 1. The van der Waals surface area contributed by atoms with Crippen LogP contribution in [-0.4, -0.2) is 16.9 Å². The second-order valence-corrected chi connectivity index (χ2v) is 3.35. The summed E-state index contributed by atoms with van der Waals surface area (Å²) in [5.74, 6) is -1.42. The molecule has 0 heterocycles. The van der Waals surface area contributed by atoms with Crippen molar-refractivity contribution in [3.8, 4) is 0 Å². The Bertz CT molecular complexity index is 395. The minimum Gasteiger partial charge on any atom is -0.481 e. The van der Waals surface area contributed by atoms with E-state index in [-0.39, 0.29) is 5.78 Å². The third-order valence-electron chi connectivity index (χ3n) is 2.50. The van der Waals surface area contributed by atoms with Gasteiger partial charge in [0.25, 0.3) is 0 Å². The third kappa shape index (κ3) is 1.31. The number of fused-ring (bicyclic) bond motifs is 1. The normalized spacial score (nSPS) is 20.3. The van der Waals surface area contributed by atoms with Crippen molar-refractivity contribution < 1.29 is 14.7 Å². The molecule has 0 saturated carbocycles. The number of carboxylic acids is 1. The molecule has 3 heteroatoms. The number of ketones is 1. The molecule has 2 rings (SSSR count). The van der Waals surface area contributed by atoms with E-state index >= 15 is 0 Å². The average molecular weight is 189 g/mol. The van der Waals surface area contributed by atoms with E-state index in [0.717, 1.165) is 0 Å². The van der Waals surface area contributed by atoms with Crippen LogP contribution in [0.2, 0.25) is 0 Å². The number of aliphatic carboxylic acids is 1. The Balaban J connectivity index is 2.52. The van der Waals surface area contributed by atoms with Gasteiger partial charge in [-0.1, -0.05) is 18.2 Å². The topological polar surface area (TPSA) is 54.4 Å². The maximum atomic E-state index is 11.4. The van der Waals surface area contributed by atoms with Crippen molar-refractivity contribution >= 4 is 11.8 Å². The van der Waals surface area contributed by atoms with Gasteiger partial charge < -0.3 is 5.11 Å². The maximum absolute atomic E-state index is 11.4. The standard InChI is InChI=1S/C11H9O3/c12-10-6-5-9(11(13)14)7-3-1-2-4-8(7)10/h1-2,4,9H,5-6H2,(H,13,14). The Morgan fingerprint density at radius 3 is 3.07 bits per heavy atom. The highest BCUT2D eigenvalue weighted by atomic mass is 16.4. The van der Waals surface area contributed by atoms with Crippen LogP contribution in [0.1, 0.15) is 34.7 Å². The lowest BCUT2D eigenvalue weighted by molar-refractivity contribution is -0.139. The zero-order valence-corrected chi connectivity index (χ0v) is 7.49. The predicted octanol–water partition coefficient (Wildman–Crippen LogP) is 1.63. The summed E-state index contributed by atoms with van der Waals surface area (Å²) >= 11 is 0.